The summed E-state index contributed by atoms with van der Waals surface area (Å²) in [5.74, 6) is -3.08. The Kier molecular flexibility index (Phi) is 4.39. The Morgan fingerprint density at radius 1 is 1.32 bits per heavy atom. The number of ether oxygens (including phenoxy) is 1. The molecule has 0 bridgehead atoms. The minimum absolute atomic E-state index is 0.00156. The molecule has 5 nitrogen and oxygen atoms in total. The fourth-order valence-corrected chi connectivity index (χ4v) is 2.59. The Morgan fingerprint density at radius 3 is 2.55 bits per heavy atom. The van der Waals surface area contributed by atoms with Crippen LogP contribution >= 0.6 is 0 Å². The standard InChI is InChI=1S/C16H20FNO4/c1-16(2,3)22-15(21)18-8-12(13(9-18)14(19)20)10-5-4-6-11(17)7-10/h4-7,12-13H,8-9H2,1-3H3,(H,19,20)/p-1/t12-,13+/m0/s1. The minimum Gasteiger partial charge on any atom is -0.550 e. The first kappa shape index (κ1) is 16.3. The lowest BCUT2D eigenvalue weighted by atomic mass is 9.89. The van der Waals surface area contributed by atoms with Crippen LogP contribution in [0.25, 0.3) is 0 Å². The minimum atomic E-state index is -1.25. The summed E-state index contributed by atoms with van der Waals surface area (Å²) in [6.45, 7) is 5.37. The lowest BCUT2D eigenvalue weighted by molar-refractivity contribution is -0.311. The van der Waals surface area contributed by atoms with Crippen LogP contribution in [0.1, 0.15) is 32.3 Å². The summed E-state index contributed by atoms with van der Waals surface area (Å²) in [4.78, 5) is 24.8. The molecule has 0 aromatic heterocycles. The molecule has 1 saturated heterocycles. The summed E-state index contributed by atoms with van der Waals surface area (Å²) in [5, 5.41) is 11.3. The number of carbonyl (C=O) groups is 2. The van der Waals surface area contributed by atoms with Crippen LogP contribution in [0.3, 0.4) is 0 Å². The van der Waals surface area contributed by atoms with Crippen LogP contribution in [-0.2, 0) is 9.53 Å². The number of amides is 1. The molecule has 2 rings (SSSR count). The van der Waals surface area contributed by atoms with Crippen LogP contribution in [-0.4, -0.2) is 35.7 Å². The number of hydrogen-bond donors (Lipinski definition) is 0. The van der Waals surface area contributed by atoms with E-state index in [2.05, 4.69) is 0 Å². The number of rotatable bonds is 2. The zero-order valence-corrected chi connectivity index (χ0v) is 12.8. The lowest BCUT2D eigenvalue weighted by Crippen LogP contribution is -2.38. The highest BCUT2D eigenvalue weighted by Gasteiger charge is 2.38. The Morgan fingerprint density at radius 2 is 2.00 bits per heavy atom. The van der Waals surface area contributed by atoms with Gasteiger partial charge in [0.25, 0.3) is 0 Å². The van der Waals surface area contributed by atoms with Gasteiger partial charge in [0.1, 0.15) is 11.4 Å². The second-order valence-corrected chi connectivity index (χ2v) is 6.47. The summed E-state index contributed by atoms with van der Waals surface area (Å²) in [5.41, 5.74) is -0.120. The quantitative estimate of drug-likeness (QED) is 0.831. The largest absolute Gasteiger partial charge is 0.550 e. The fourth-order valence-electron chi connectivity index (χ4n) is 2.59. The van der Waals surface area contributed by atoms with E-state index < -0.39 is 35.3 Å². The van der Waals surface area contributed by atoms with Gasteiger partial charge >= 0.3 is 6.09 Å². The Hall–Kier alpha value is -2.11. The van der Waals surface area contributed by atoms with Crippen molar-refractivity contribution in [2.24, 2.45) is 5.92 Å². The molecule has 120 valence electrons. The van der Waals surface area contributed by atoms with Crippen molar-refractivity contribution in [1.82, 2.24) is 4.90 Å². The third-order valence-corrected chi connectivity index (χ3v) is 3.55. The highest BCUT2D eigenvalue weighted by molar-refractivity contribution is 5.74. The van der Waals surface area contributed by atoms with E-state index in [-0.39, 0.29) is 13.1 Å². The molecule has 1 aromatic rings. The normalized spacial score (nSPS) is 21.7. The van der Waals surface area contributed by atoms with E-state index in [1.165, 1.54) is 23.1 Å². The second-order valence-electron chi connectivity index (χ2n) is 6.47. The van der Waals surface area contributed by atoms with Crippen molar-refractivity contribution in [3.63, 3.8) is 0 Å². The van der Waals surface area contributed by atoms with Crippen LogP contribution in [0.5, 0.6) is 0 Å². The second kappa shape index (κ2) is 5.94. The SMILES string of the molecule is CC(C)(C)OC(=O)N1C[C@@H](C(=O)[O-])[C@H](c2cccc(F)c2)C1. The lowest BCUT2D eigenvalue weighted by Gasteiger charge is -2.24. The molecular weight excluding hydrogens is 289 g/mol. The highest BCUT2D eigenvalue weighted by atomic mass is 19.1. The molecule has 1 aliphatic rings. The van der Waals surface area contributed by atoms with E-state index in [1.54, 1.807) is 26.8 Å². The van der Waals surface area contributed by atoms with Gasteiger partial charge in [0.05, 0.1) is 0 Å². The molecule has 1 amide bonds. The van der Waals surface area contributed by atoms with E-state index in [9.17, 15) is 19.1 Å². The van der Waals surface area contributed by atoms with E-state index >= 15 is 0 Å². The summed E-state index contributed by atoms with van der Waals surface area (Å²) in [7, 11) is 0. The summed E-state index contributed by atoms with van der Waals surface area (Å²) < 4.78 is 18.6. The van der Waals surface area contributed by atoms with Crippen molar-refractivity contribution in [3.05, 3.63) is 35.6 Å². The number of carboxylic acid groups (broad SMARTS) is 1. The maximum Gasteiger partial charge on any atom is 0.410 e. The van der Waals surface area contributed by atoms with Gasteiger partial charge in [-0.15, -0.1) is 0 Å². The number of carbonyl (C=O) groups excluding carboxylic acids is 2. The molecule has 6 heteroatoms. The van der Waals surface area contributed by atoms with E-state index in [1.807, 2.05) is 0 Å². The molecule has 1 aliphatic heterocycles. The van der Waals surface area contributed by atoms with Crippen LogP contribution in [0.4, 0.5) is 9.18 Å². The third-order valence-electron chi connectivity index (χ3n) is 3.55. The first-order chi connectivity index (χ1) is 10.2. The molecular formula is C16H19FNO4-. The van der Waals surface area contributed by atoms with Gasteiger partial charge in [-0.2, -0.15) is 0 Å². The Labute approximate surface area is 128 Å². The van der Waals surface area contributed by atoms with Gasteiger partial charge in [0, 0.05) is 30.9 Å². The zero-order chi connectivity index (χ0) is 16.5. The molecule has 0 saturated carbocycles. The zero-order valence-electron chi connectivity index (χ0n) is 12.8. The van der Waals surface area contributed by atoms with E-state index in [0.29, 0.717) is 5.56 Å². The Bertz CT molecular complexity index is 582. The van der Waals surface area contributed by atoms with Crippen molar-refractivity contribution in [2.45, 2.75) is 32.3 Å². The first-order valence-electron chi connectivity index (χ1n) is 7.11. The average Bonchev–Trinajstić information content (AvgIpc) is 2.82. The fraction of sp³-hybridized carbons (Fsp3) is 0.500. The van der Waals surface area contributed by atoms with Gasteiger partial charge in [-0.1, -0.05) is 12.1 Å². The van der Waals surface area contributed by atoms with Crippen molar-refractivity contribution >= 4 is 12.1 Å². The first-order valence-corrected chi connectivity index (χ1v) is 7.11. The van der Waals surface area contributed by atoms with Crippen molar-refractivity contribution in [1.29, 1.82) is 0 Å². The van der Waals surface area contributed by atoms with Crippen LogP contribution < -0.4 is 5.11 Å². The number of hydrogen-bond acceptors (Lipinski definition) is 4. The summed E-state index contributed by atoms with van der Waals surface area (Å²) in [6.07, 6.45) is -0.572. The predicted molar refractivity (Wildman–Crippen MR) is 75.4 cm³/mol. The van der Waals surface area contributed by atoms with Gasteiger partial charge in [-0.25, -0.2) is 9.18 Å². The monoisotopic (exact) mass is 308 g/mol. The van der Waals surface area contributed by atoms with E-state index in [4.69, 9.17) is 4.74 Å². The van der Waals surface area contributed by atoms with Crippen molar-refractivity contribution < 1.29 is 23.8 Å². The van der Waals surface area contributed by atoms with Gasteiger partial charge < -0.3 is 19.5 Å². The smallest absolute Gasteiger partial charge is 0.410 e. The van der Waals surface area contributed by atoms with Crippen LogP contribution in [0.15, 0.2) is 24.3 Å². The van der Waals surface area contributed by atoms with E-state index in [0.717, 1.165) is 0 Å². The van der Waals surface area contributed by atoms with Crippen LogP contribution in [0.2, 0.25) is 0 Å². The summed E-state index contributed by atoms with van der Waals surface area (Å²) in [6, 6.07) is 5.76. The van der Waals surface area contributed by atoms with Crippen molar-refractivity contribution in [3.8, 4) is 0 Å². The van der Waals surface area contributed by atoms with Gasteiger partial charge in [-0.3, -0.25) is 0 Å². The number of carboxylic acids is 1. The topological polar surface area (TPSA) is 69.7 Å². The molecule has 1 aromatic carbocycles. The molecule has 22 heavy (non-hydrogen) atoms. The highest BCUT2D eigenvalue weighted by Crippen LogP contribution is 2.33. The third kappa shape index (κ3) is 3.75. The number of aliphatic carboxylic acids is 1. The molecule has 0 radical (unpaired) electrons. The molecule has 0 spiro atoms. The van der Waals surface area contributed by atoms with Gasteiger partial charge in [0.2, 0.25) is 0 Å². The Balaban J connectivity index is 2.20. The molecule has 0 N–H and O–H groups in total. The number of likely N-dealkylation sites (tertiary alicyclic amines) is 1. The molecule has 2 atom stereocenters. The van der Waals surface area contributed by atoms with Gasteiger partial charge in [-0.05, 0) is 38.5 Å². The number of benzene rings is 1. The maximum absolute atomic E-state index is 13.4. The van der Waals surface area contributed by atoms with Crippen molar-refractivity contribution in [2.75, 3.05) is 13.1 Å². The van der Waals surface area contributed by atoms with Crippen LogP contribution in [0, 0.1) is 11.7 Å². The number of nitrogens with zero attached hydrogens (tertiary/aromatic N) is 1. The molecule has 1 heterocycles. The predicted octanol–water partition coefficient (Wildman–Crippen LogP) is 1.53. The molecule has 1 fully saturated rings. The average molecular weight is 308 g/mol. The molecule has 0 aliphatic carbocycles. The maximum atomic E-state index is 13.4. The molecule has 0 unspecified atom stereocenters. The number of halogens is 1. The van der Waals surface area contributed by atoms with Gasteiger partial charge in [0.15, 0.2) is 0 Å². The summed E-state index contributed by atoms with van der Waals surface area (Å²) >= 11 is 0.